The van der Waals surface area contributed by atoms with Gasteiger partial charge >= 0.3 is 0 Å². The largest absolute Gasteiger partial charge is 0.368 e. The molecular weight excluding hydrogens is 176 g/mol. The minimum atomic E-state index is -0.268. The fraction of sp³-hybridized carbons (Fsp3) is 0.909. The Hall–Kier alpha value is -0.570. The van der Waals surface area contributed by atoms with Crippen molar-refractivity contribution in [3.8, 4) is 0 Å². The van der Waals surface area contributed by atoms with E-state index in [9.17, 15) is 4.79 Å². The molecule has 0 aliphatic heterocycles. The highest BCUT2D eigenvalue weighted by Gasteiger charge is 2.10. The van der Waals surface area contributed by atoms with Crippen molar-refractivity contribution < 1.29 is 4.79 Å². The van der Waals surface area contributed by atoms with Gasteiger partial charge in [0.2, 0.25) is 5.91 Å². The molecular formula is C11H24N2O. The van der Waals surface area contributed by atoms with Crippen LogP contribution in [-0.4, -0.2) is 18.5 Å². The maximum Gasteiger partial charge on any atom is 0.234 e. The second-order valence-electron chi connectivity index (χ2n) is 3.95. The van der Waals surface area contributed by atoms with Crippen LogP contribution >= 0.6 is 0 Å². The second-order valence-corrected chi connectivity index (χ2v) is 3.95. The van der Waals surface area contributed by atoms with Gasteiger partial charge in [-0.1, -0.05) is 33.1 Å². The number of carbonyl (C=O) groups excluding carboxylic acids is 1. The Balaban J connectivity index is 3.66. The van der Waals surface area contributed by atoms with Crippen LogP contribution in [0.15, 0.2) is 0 Å². The number of amides is 1. The quantitative estimate of drug-likeness (QED) is 0.626. The van der Waals surface area contributed by atoms with E-state index in [-0.39, 0.29) is 11.9 Å². The Kier molecular flexibility index (Phi) is 7.48. The summed E-state index contributed by atoms with van der Waals surface area (Å²) in [5, 5.41) is 3.17. The van der Waals surface area contributed by atoms with Gasteiger partial charge in [-0.3, -0.25) is 4.79 Å². The van der Waals surface area contributed by atoms with Gasteiger partial charge in [-0.25, -0.2) is 0 Å². The number of hydrogen-bond acceptors (Lipinski definition) is 2. The van der Waals surface area contributed by atoms with Gasteiger partial charge in [0.15, 0.2) is 0 Å². The van der Waals surface area contributed by atoms with Crippen LogP contribution in [0.5, 0.6) is 0 Å². The van der Waals surface area contributed by atoms with Gasteiger partial charge in [-0.15, -0.1) is 0 Å². The molecule has 0 spiro atoms. The highest BCUT2D eigenvalue weighted by atomic mass is 16.1. The molecule has 0 rings (SSSR count). The van der Waals surface area contributed by atoms with Crippen molar-refractivity contribution in [2.24, 2.45) is 11.7 Å². The van der Waals surface area contributed by atoms with Crippen molar-refractivity contribution in [3.63, 3.8) is 0 Å². The zero-order chi connectivity index (χ0) is 11.0. The standard InChI is InChI=1S/C11H24N2O/c1-4-6-7-10(5-2)8-13-9(3)11(12)14/h9-10,13H,4-8H2,1-3H3,(H2,12,14). The van der Waals surface area contributed by atoms with E-state index in [2.05, 4.69) is 19.2 Å². The maximum absolute atomic E-state index is 10.8. The molecule has 2 unspecified atom stereocenters. The van der Waals surface area contributed by atoms with E-state index in [1.807, 2.05) is 6.92 Å². The smallest absolute Gasteiger partial charge is 0.234 e. The lowest BCUT2D eigenvalue weighted by Crippen LogP contribution is -2.40. The van der Waals surface area contributed by atoms with E-state index in [4.69, 9.17) is 5.73 Å². The van der Waals surface area contributed by atoms with Crippen molar-refractivity contribution in [1.29, 1.82) is 0 Å². The summed E-state index contributed by atoms with van der Waals surface area (Å²) in [6, 6.07) is -0.203. The average molecular weight is 200 g/mol. The first-order valence-electron chi connectivity index (χ1n) is 5.64. The van der Waals surface area contributed by atoms with Gasteiger partial charge in [0, 0.05) is 0 Å². The molecule has 0 aromatic rings. The van der Waals surface area contributed by atoms with Crippen LogP contribution in [0.25, 0.3) is 0 Å². The second kappa shape index (κ2) is 7.80. The topological polar surface area (TPSA) is 55.1 Å². The van der Waals surface area contributed by atoms with Crippen LogP contribution in [0.2, 0.25) is 0 Å². The van der Waals surface area contributed by atoms with Crippen LogP contribution in [-0.2, 0) is 4.79 Å². The molecule has 0 aromatic carbocycles. The molecule has 0 aliphatic rings. The van der Waals surface area contributed by atoms with Crippen LogP contribution in [0.4, 0.5) is 0 Å². The van der Waals surface area contributed by atoms with Crippen LogP contribution in [0.3, 0.4) is 0 Å². The molecule has 0 saturated carbocycles. The third-order valence-corrected chi connectivity index (χ3v) is 2.68. The lowest BCUT2D eigenvalue weighted by atomic mass is 9.99. The molecule has 0 radical (unpaired) electrons. The van der Waals surface area contributed by atoms with Crippen LogP contribution in [0, 0.1) is 5.92 Å². The van der Waals surface area contributed by atoms with Crippen LogP contribution < -0.4 is 11.1 Å². The van der Waals surface area contributed by atoms with Crippen molar-refractivity contribution in [1.82, 2.24) is 5.32 Å². The number of rotatable bonds is 8. The molecule has 3 heteroatoms. The summed E-state index contributed by atoms with van der Waals surface area (Å²) in [7, 11) is 0. The molecule has 0 heterocycles. The van der Waals surface area contributed by atoms with E-state index in [1.54, 1.807) is 0 Å². The highest BCUT2D eigenvalue weighted by molar-refractivity contribution is 5.79. The minimum absolute atomic E-state index is 0.203. The summed E-state index contributed by atoms with van der Waals surface area (Å²) < 4.78 is 0. The molecule has 0 saturated heterocycles. The summed E-state index contributed by atoms with van der Waals surface area (Å²) in [5.41, 5.74) is 5.16. The van der Waals surface area contributed by atoms with E-state index in [0.717, 1.165) is 6.54 Å². The molecule has 3 nitrogen and oxygen atoms in total. The number of nitrogens with one attached hydrogen (secondary N) is 1. The summed E-state index contributed by atoms with van der Waals surface area (Å²) >= 11 is 0. The van der Waals surface area contributed by atoms with Gasteiger partial charge in [-0.05, 0) is 25.8 Å². The Morgan fingerprint density at radius 3 is 2.50 bits per heavy atom. The van der Waals surface area contributed by atoms with Crippen molar-refractivity contribution >= 4 is 5.91 Å². The first kappa shape index (κ1) is 13.4. The third kappa shape index (κ3) is 5.97. The average Bonchev–Trinajstić information content (AvgIpc) is 2.17. The Morgan fingerprint density at radius 2 is 2.07 bits per heavy atom. The van der Waals surface area contributed by atoms with E-state index < -0.39 is 0 Å². The lowest BCUT2D eigenvalue weighted by Gasteiger charge is -2.17. The first-order chi connectivity index (χ1) is 6.61. The molecule has 0 aromatic heterocycles. The third-order valence-electron chi connectivity index (χ3n) is 2.68. The SMILES string of the molecule is CCCCC(CC)CNC(C)C(N)=O. The van der Waals surface area contributed by atoms with Gasteiger partial charge < -0.3 is 11.1 Å². The zero-order valence-electron chi connectivity index (χ0n) is 9.68. The lowest BCUT2D eigenvalue weighted by molar-refractivity contribution is -0.119. The molecule has 3 N–H and O–H groups in total. The molecule has 0 bridgehead atoms. The van der Waals surface area contributed by atoms with Gasteiger partial charge in [0.25, 0.3) is 0 Å². The maximum atomic E-state index is 10.8. The minimum Gasteiger partial charge on any atom is -0.368 e. The Bertz CT molecular complexity index is 159. The monoisotopic (exact) mass is 200 g/mol. The fourth-order valence-corrected chi connectivity index (χ4v) is 1.39. The molecule has 1 amide bonds. The van der Waals surface area contributed by atoms with Gasteiger partial charge in [0.1, 0.15) is 0 Å². The summed E-state index contributed by atoms with van der Waals surface area (Å²) in [4.78, 5) is 10.8. The molecule has 84 valence electrons. The number of unbranched alkanes of at least 4 members (excludes halogenated alkanes) is 1. The number of carbonyl (C=O) groups is 1. The van der Waals surface area contributed by atoms with E-state index in [0.29, 0.717) is 5.92 Å². The summed E-state index contributed by atoms with van der Waals surface area (Å²) in [5.74, 6) is 0.409. The van der Waals surface area contributed by atoms with Crippen molar-refractivity contribution in [2.75, 3.05) is 6.54 Å². The predicted octanol–water partition coefficient (Wildman–Crippen LogP) is 1.67. The van der Waals surface area contributed by atoms with Crippen molar-refractivity contribution in [2.45, 2.75) is 52.5 Å². The molecule has 14 heavy (non-hydrogen) atoms. The van der Waals surface area contributed by atoms with Gasteiger partial charge in [-0.2, -0.15) is 0 Å². The first-order valence-corrected chi connectivity index (χ1v) is 5.64. The summed E-state index contributed by atoms with van der Waals surface area (Å²) in [6.45, 7) is 7.11. The number of primary amides is 1. The predicted molar refractivity (Wildman–Crippen MR) is 60.0 cm³/mol. The Morgan fingerprint density at radius 1 is 1.43 bits per heavy atom. The van der Waals surface area contributed by atoms with Crippen molar-refractivity contribution in [3.05, 3.63) is 0 Å². The number of nitrogens with two attached hydrogens (primary N) is 1. The fourth-order valence-electron chi connectivity index (χ4n) is 1.39. The normalized spacial score (nSPS) is 15.1. The molecule has 0 fully saturated rings. The van der Waals surface area contributed by atoms with Gasteiger partial charge in [0.05, 0.1) is 6.04 Å². The highest BCUT2D eigenvalue weighted by Crippen LogP contribution is 2.11. The molecule has 2 atom stereocenters. The van der Waals surface area contributed by atoms with E-state index in [1.165, 1.54) is 25.7 Å². The zero-order valence-corrected chi connectivity index (χ0v) is 9.68. The van der Waals surface area contributed by atoms with E-state index >= 15 is 0 Å². The summed E-state index contributed by atoms with van der Waals surface area (Å²) in [6.07, 6.45) is 4.91. The van der Waals surface area contributed by atoms with Crippen LogP contribution in [0.1, 0.15) is 46.5 Å². The molecule has 0 aliphatic carbocycles. The Labute approximate surface area is 87.4 Å². The number of hydrogen-bond donors (Lipinski definition) is 2.